The van der Waals surface area contributed by atoms with Gasteiger partial charge in [-0.15, -0.1) is 0 Å². The van der Waals surface area contributed by atoms with Gasteiger partial charge in [0.15, 0.2) is 23.0 Å². The number of fused-ring (bicyclic) bond motifs is 3. The van der Waals surface area contributed by atoms with E-state index in [0.29, 0.717) is 29.6 Å². The molecule has 2 heterocycles. The average molecular weight is 519 g/mol. The summed E-state index contributed by atoms with van der Waals surface area (Å²) >= 11 is 0. The van der Waals surface area contributed by atoms with Gasteiger partial charge in [-0.3, -0.25) is 19.8 Å². The molecule has 4 amide bonds. The van der Waals surface area contributed by atoms with Crippen molar-refractivity contribution >= 4 is 29.9 Å². The van der Waals surface area contributed by atoms with Crippen LogP contribution in [-0.4, -0.2) is 48.2 Å². The summed E-state index contributed by atoms with van der Waals surface area (Å²) in [5.74, 6) is 0.316. The van der Waals surface area contributed by atoms with Crippen molar-refractivity contribution in [2.24, 2.45) is 11.8 Å². The van der Waals surface area contributed by atoms with Gasteiger partial charge in [0.05, 0.1) is 12.2 Å². The Hall–Kier alpha value is -4.34. The monoisotopic (exact) mass is 518 g/mol. The number of barbiturate groups is 1. The molecule has 0 aromatic heterocycles. The zero-order chi connectivity index (χ0) is 26.4. The molecular weight excluding hydrogens is 492 g/mol. The molecule has 3 fully saturated rings. The number of amides is 4. The van der Waals surface area contributed by atoms with Gasteiger partial charge in [0, 0.05) is 6.04 Å². The minimum absolute atomic E-state index is 0.0908. The molecule has 2 bridgehead atoms. The topological polar surface area (TPSA) is 120 Å². The molecule has 0 unspecified atom stereocenters. The highest BCUT2D eigenvalue weighted by Gasteiger charge is 2.49. The van der Waals surface area contributed by atoms with Crippen LogP contribution in [0, 0.1) is 11.8 Å². The van der Waals surface area contributed by atoms with Crippen molar-refractivity contribution in [3.63, 3.8) is 0 Å². The van der Waals surface area contributed by atoms with Crippen molar-refractivity contribution in [2.45, 2.75) is 38.6 Å². The van der Waals surface area contributed by atoms with E-state index in [1.165, 1.54) is 17.0 Å². The summed E-state index contributed by atoms with van der Waals surface area (Å²) in [4.78, 5) is 52.6. The highest BCUT2D eigenvalue weighted by molar-refractivity contribution is 6.31. The van der Waals surface area contributed by atoms with Gasteiger partial charge < -0.3 is 18.9 Å². The molecule has 4 aliphatic rings. The Kier molecular flexibility index (Phi) is 6.01. The Labute approximate surface area is 218 Å². The number of urea groups is 1. The largest absolute Gasteiger partial charge is 0.490 e. The lowest BCUT2D eigenvalue weighted by molar-refractivity contribution is -0.132. The predicted octanol–water partition coefficient (Wildman–Crippen LogP) is 3.68. The second-order valence-corrected chi connectivity index (χ2v) is 9.83. The molecule has 10 nitrogen and oxygen atoms in total. The second-order valence-electron chi connectivity index (χ2n) is 9.83. The molecule has 10 heteroatoms. The third kappa shape index (κ3) is 4.25. The third-order valence-corrected chi connectivity index (χ3v) is 7.56. The van der Waals surface area contributed by atoms with Gasteiger partial charge in [-0.05, 0) is 80.0 Å². The highest BCUT2D eigenvalue weighted by atomic mass is 16.7. The molecule has 0 radical (unpaired) electrons. The zero-order valence-corrected chi connectivity index (χ0v) is 20.7. The van der Waals surface area contributed by atoms with Gasteiger partial charge in [-0.1, -0.05) is 12.5 Å². The molecule has 2 aliphatic carbocycles. The van der Waals surface area contributed by atoms with E-state index in [2.05, 4.69) is 5.32 Å². The Balaban J connectivity index is 1.24. The van der Waals surface area contributed by atoms with Gasteiger partial charge in [0.1, 0.15) is 5.57 Å². The standard InChI is InChI=1S/C28H26N2O8/c1-2-35-23-12-16(4-7-22(23)38-27(33)18-6-8-21-24(13-18)37-14-36-21)10-19-25(31)29-28(34)30(26(19)32)20-11-15-3-5-17(20)9-15/h4,6-8,10,12-13,15,17,20H,2-3,5,9,11,14H2,1H3,(H,29,31,34)/b19-10+/t15-,17-,20-/m0/s1. The van der Waals surface area contributed by atoms with Crippen LogP contribution < -0.4 is 24.3 Å². The van der Waals surface area contributed by atoms with E-state index in [1.807, 2.05) is 0 Å². The van der Waals surface area contributed by atoms with E-state index >= 15 is 0 Å². The number of ether oxygens (including phenoxy) is 4. The van der Waals surface area contributed by atoms with Crippen molar-refractivity contribution in [3.05, 3.63) is 53.1 Å². The predicted molar refractivity (Wildman–Crippen MR) is 133 cm³/mol. The summed E-state index contributed by atoms with van der Waals surface area (Å²) in [6, 6.07) is 8.63. The van der Waals surface area contributed by atoms with Crippen molar-refractivity contribution < 1.29 is 38.1 Å². The summed E-state index contributed by atoms with van der Waals surface area (Å²) in [5, 5.41) is 2.32. The van der Waals surface area contributed by atoms with E-state index in [-0.39, 0.29) is 41.4 Å². The van der Waals surface area contributed by atoms with E-state index in [9.17, 15) is 19.2 Å². The number of benzene rings is 2. The normalized spacial score (nSPS) is 24.7. The van der Waals surface area contributed by atoms with Gasteiger partial charge >= 0.3 is 12.0 Å². The maximum Gasteiger partial charge on any atom is 0.343 e. The number of carbonyl (C=O) groups excluding carboxylic acids is 4. The SMILES string of the molecule is CCOc1cc(/C=C2\C(=O)NC(=O)N([C@H]3C[C@H]4CC[C@H]3C4)C2=O)ccc1OC(=O)c1ccc2c(c1)OCO2. The highest BCUT2D eigenvalue weighted by Crippen LogP contribution is 2.47. The zero-order valence-electron chi connectivity index (χ0n) is 20.7. The fourth-order valence-electron chi connectivity index (χ4n) is 5.82. The Morgan fingerprint density at radius 1 is 1.05 bits per heavy atom. The number of imide groups is 2. The van der Waals surface area contributed by atoms with Crippen molar-refractivity contribution in [3.8, 4) is 23.0 Å². The molecule has 2 aromatic rings. The molecule has 1 saturated heterocycles. The van der Waals surface area contributed by atoms with Crippen LogP contribution in [0.5, 0.6) is 23.0 Å². The summed E-state index contributed by atoms with van der Waals surface area (Å²) in [6.45, 7) is 2.17. The number of nitrogens with zero attached hydrogens (tertiary/aromatic N) is 1. The van der Waals surface area contributed by atoms with Gasteiger partial charge in [-0.25, -0.2) is 9.59 Å². The minimum Gasteiger partial charge on any atom is -0.490 e. The molecule has 0 spiro atoms. The Morgan fingerprint density at radius 2 is 1.89 bits per heavy atom. The van der Waals surface area contributed by atoms with Crippen LogP contribution >= 0.6 is 0 Å². The fraction of sp³-hybridized carbons (Fsp3) is 0.357. The maximum absolute atomic E-state index is 13.3. The van der Waals surface area contributed by atoms with Crippen molar-refractivity contribution in [2.75, 3.05) is 13.4 Å². The van der Waals surface area contributed by atoms with Crippen LogP contribution in [0.15, 0.2) is 42.0 Å². The van der Waals surface area contributed by atoms with Crippen LogP contribution in [0.25, 0.3) is 6.08 Å². The van der Waals surface area contributed by atoms with E-state index in [4.69, 9.17) is 18.9 Å². The minimum atomic E-state index is -0.740. The first-order valence-electron chi connectivity index (χ1n) is 12.7. The number of hydrogen-bond donors (Lipinski definition) is 1. The molecule has 196 valence electrons. The smallest absolute Gasteiger partial charge is 0.343 e. The average Bonchev–Trinajstić information content (AvgIpc) is 3.65. The van der Waals surface area contributed by atoms with Crippen molar-refractivity contribution in [1.82, 2.24) is 10.2 Å². The molecule has 2 saturated carbocycles. The Morgan fingerprint density at radius 3 is 2.66 bits per heavy atom. The van der Waals surface area contributed by atoms with Crippen LogP contribution in [0.4, 0.5) is 4.79 Å². The molecule has 2 aromatic carbocycles. The van der Waals surface area contributed by atoms with Crippen molar-refractivity contribution in [1.29, 1.82) is 0 Å². The summed E-state index contributed by atoms with van der Waals surface area (Å²) in [7, 11) is 0. The summed E-state index contributed by atoms with van der Waals surface area (Å²) < 4.78 is 21.9. The summed E-state index contributed by atoms with van der Waals surface area (Å²) in [6.07, 6.45) is 5.33. The van der Waals surface area contributed by atoms with E-state index in [0.717, 1.165) is 25.7 Å². The van der Waals surface area contributed by atoms with Gasteiger partial charge in [0.2, 0.25) is 6.79 Å². The molecule has 3 atom stereocenters. The first-order valence-corrected chi connectivity index (χ1v) is 12.7. The first kappa shape index (κ1) is 24.0. The number of nitrogens with one attached hydrogen (secondary N) is 1. The van der Waals surface area contributed by atoms with Crippen LogP contribution in [0.3, 0.4) is 0 Å². The number of hydrogen-bond acceptors (Lipinski definition) is 8. The molecule has 38 heavy (non-hydrogen) atoms. The van der Waals surface area contributed by atoms with Gasteiger partial charge in [-0.2, -0.15) is 0 Å². The second kappa shape index (κ2) is 9.51. The third-order valence-electron chi connectivity index (χ3n) is 7.56. The number of rotatable bonds is 6. The van der Waals surface area contributed by atoms with Crippen LogP contribution in [0.2, 0.25) is 0 Å². The van der Waals surface area contributed by atoms with Gasteiger partial charge in [0.25, 0.3) is 11.8 Å². The quantitative estimate of drug-likeness (QED) is 0.266. The lowest BCUT2D eigenvalue weighted by Crippen LogP contribution is -2.58. The fourth-order valence-corrected chi connectivity index (χ4v) is 5.82. The van der Waals surface area contributed by atoms with Crippen LogP contribution in [0.1, 0.15) is 48.5 Å². The molecule has 6 rings (SSSR count). The lowest BCUT2D eigenvalue weighted by atomic mass is 9.93. The van der Waals surface area contributed by atoms with E-state index < -0.39 is 23.8 Å². The van der Waals surface area contributed by atoms with E-state index in [1.54, 1.807) is 37.3 Å². The maximum atomic E-state index is 13.3. The molecule has 1 N–H and O–H groups in total. The summed E-state index contributed by atoms with van der Waals surface area (Å²) in [5.41, 5.74) is 0.634. The number of esters is 1. The Bertz CT molecular complexity index is 1380. The molecular formula is C28H26N2O8. The number of carbonyl (C=O) groups is 4. The van der Waals surface area contributed by atoms with Crippen LogP contribution in [-0.2, 0) is 9.59 Å². The molecule has 2 aliphatic heterocycles. The first-order chi connectivity index (χ1) is 18.4. The lowest BCUT2D eigenvalue weighted by Gasteiger charge is -2.35.